The Hall–Kier alpha value is 0.394. The van der Waals surface area contributed by atoms with Gasteiger partial charge in [0, 0.05) is 6.42 Å². The molecule has 3 atom stereocenters. The molecule has 0 aliphatic rings. The van der Waals surface area contributed by atoms with Crippen molar-refractivity contribution in [3.8, 4) is 0 Å². The van der Waals surface area contributed by atoms with E-state index in [9.17, 15) is 4.79 Å². The molecule has 0 aromatic rings. The Morgan fingerprint density at radius 2 is 0.969 bits per heavy atom. The highest BCUT2D eigenvalue weighted by Crippen LogP contribution is 2.25. The third-order valence-electron chi connectivity index (χ3n) is 3.72. The van der Waals surface area contributed by atoms with E-state index in [1.165, 1.54) is 0 Å². The third-order valence-corrected chi connectivity index (χ3v) is 8.57. The van der Waals surface area contributed by atoms with Gasteiger partial charge in [0.15, 0.2) is 33.3 Å². The van der Waals surface area contributed by atoms with E-state index < -0.39 is 47.7 Å². The lowest BCUT2D eigenvalue weighted by molar-refractivity contribution is -0.145. The molecule has 0 aromatic carbocycles. The first-order valence-electron chi connectivity index (χ1n) is 11.8. The summed E-state index contributed by atoms with van der Waals surface area (Å²) in [6.45, 7) is 32.4. The van der Waals surface area contributed by atoms with Crippen molar-refractivity contribution in [1.29, 1.82) is 0 Å². The summed E-state index contributed by atoms with van der Waals surface area (Å²) in [7, 11) is -9.63. The van der Waals surface area contributed by atoms with Crippen molar-refractivity contribution in [3.05, 3.63) is 0 Å². The molecule has 0 bridgehead atoms. The van der Waals surface area contributed by atoms with Crippen molar-refractivity contribution in [2.75, 3.05) is 6.61 Å². The van der Waals surface area contributed by atoms with Crippen LogP contribution in [0.15, 0.2) is 0 Å². The first kappa shape index (κ1) is 32.4. The van der Waals surface area contributed by atoms with E-state index in [2.05, 4.69) is 78.6 Å². The van der Waals surface area contributed by atoms with E-state index in [0.717, 1.165) is 0 Å². The molecular weight excluding hydrogens is 489 g/mol. The molecular formula is C21H52O6Si5. The van der Waals surface area contributed by atoms with Gasteiger partial charge in [-0.2, -0.15) is 0 Å². The van der Waals surface area contributed by atoms with E-state index in [4.69, 9.17) is 22.1 Å². The van der Waals surface area contributed by atoms with Crippen LogP contribution in [0.4, 0.5) is 0 Å². The molecule has 0 aliphatic carbocycles. The summed E-state index contributed by atoms with van der Waals surface area (Å²) in [6, 6.07) is 0. The molecule has 192 valence electrons. The summed E-state index contributed by atoms with van der Waals surface area (Å²) in [5.41, 5.74) is 0. The Morgan fingerprint density at radius 1 is 0.562 bits per heavy atom. The zero-order valence-corrected chi connectivity index (χ0v) is 28.6. The molecule has 1 unspecified atom stereocenters. The van der Waals surface area contributed by atoms with Gasteiger partial charge < -0.3 is 22.1 Å². The van der Waals surface area contributed by atoms with Gasteiger partial charge in [-0.25, -0.2) is 0 Å². The lowest BCUT2D eigenvalue weighted by Gasteiger charge is -2.39. The minimum Gasteiger partial charge on any atom is -0.518 e. The van der Waals surface area contributed by atoms with Crippen LogP contribution in [0.3, 0.4) is 0 Å². The maximum absolute atomic E-state index is 13.2. The Kier molecular flexibility index (Phi) is 12.0. The number of carbonyl (C=O) groups excluding carboxylic acids is 1. The number of hydrogen-bond acceptors (Lipinski definition) is 6. The smallest absolute Gasteiger partial charge is 0.320 e. The van der Waals surface area contributed by atoms with Crippen LogP contribution in [-0.4, -0.2) is 72.5 Å². The van der Waals surface area contributed by atoms with E-state index in [0.29, 0.717) is 13.0 Å². The molecule has 0 aliphatic heterocycles. The van der Waals surface area contributed by atoms with Gasteiger partial charge in [0.2, 0.25) is 8.32 Å². The van der Waals surface area contributed by atoms with Crippen molar-refractivity contribution in [2.45, 2.75) is 123 Å². The van der Waals surface area contributed by atoms with Gasteiger partial charge in [-0.1, -0.05) is 0 Å². The quantitative estimate of drug-likeness (QED) is 0.242. The van der Waals surface area contributed by atoms with E-state index in [-0.39, 0.29) is 18.2 Å². The topological polar surface area (TPSA) is 63.2 Å². The van der Waals surface area contributed by atoms with Crippen LogP contribution in [-0.2, 0) is 26.9 Å². The van der Waals surface area contributed by atoms with Crippen molar-refractivity contribution in [2.24, 2.45) is 0 Å². The Bertz CT molecular complexity index is 582. The maximum Gasteiger partial charge on any atom is 0.320 e. The summed E-state index contributed by atoms with van der Waals surface area (Å²) < 4.78 is 31.8. The van der Waals surface area contributed by atoms with Crippen LogP contribution in [0.5, 0.6) is 0 Å². The van der Waals surface area contributed by atoms with Crippen LogP contribution in [0.2, 0.25) is 98.2 Å². The molecule has 0 radical (unpaired) electrons. The molecule has 0 saturated carbocycles. The van der Waals surface area contributed by atoms with Gasteiger partial charge in [0.1, 0.15) is 6.10 Å². The molecule has 11 heteroatoms. The highest BCUT2D eigenvalue weighted by atomic mass is 28.4. The van der Waals surface area contributed by atoms with Gasteiger partial charge in [0.05, 0.1) is 18.8 Å². The monoisotopic (exact) mass is 540 g/mol. The molecule has 0 saturated heterocycles. The van der Waals surface area contributed by atoms with Crippen LogP contribution in [0, 0.1) is 0 Å². The molecule has 0 aromatic heterocycles. The normalized spacial score (nSPS) is 17.1. The van der Waals surface area contributed by atoms with Gasteiger partial charge in [-0.05, 0) is 98.2 Å². The van der Waals surface area contributed by atoms with Crippen molar-refractivity contribution in [1.82, 2.24) is 0 Å². The Labute approximate surface area is 203 Å². The first-order chi connectivity index (χ1) is 13.9. The van der Waals surface area contributed by atoms with Crippen molar-refractivity contribution >= 4 is 47.6 Å². The molecule has 6 nitrogen and oxygen atoms in total. The summed E-state index contributed by atoms with van der Waals surface area (Å²) in [4.78, 5) is 13.2. The van der Waals surface area contributed by atoms with E-state index in [1.807, 2.05) is 19.6 Å². The summed E-state index contributed by atoms with van der Waals surface area (Å²) in [5.74, 6) is -0.270. The van der Waals surface area contributed by atoms with Crippen molar-refractivity contribution < 1.29 is 26.9 Å². The average Bonchev–Trinajstić information content (AvgIpc) is 2.43. The van der Waals surface area contributed by atoms with Crippen molar-refractivity contribution in [3.63, 3.8) is 0 Å². The molecule has 0 spiro atoms. The molecule has 0 fully saturated rings. The highest BCUT2D eigenvalue weighted by Gasteiger charge is 2.39. The Balaban J connectivity index is 6.07. The van der Waals surface area contributed by atoms with E-state index >= 15 is 0 Å². The van der Waals surface area contributed by atoms with Gasteiger partial charge in [-0.15, -0.1) is 0 Å². The zero-order chi connectivity index (χ0) is 25.8. The summed E-state index contributed by atoms with van der Waals surface area (Å²) >= 11 is 0. The van der Waals surface area contributed by atoms with Crippen LogP contribution in [0.1, 0.15) is 6.42 Å². The van der Waals surface area contributed by atoms with Crippen LogP contribution < -0.4 is 0 Å². The average molecular weight is 541 g/mol. The molecule has 32 heavy (non-hydrogen) atoms. The fourth-order valence-electron chi connectivity index (χ4n) is 2.93. The minimum atomic E-state index is -2.05. The molecule has 0 heterocycles. The molecule has 0 amide bonds. The second-order valence-electron chi connectivity index (χ2n) is 13.4. The largest absolute Gasteiger partial charge is 0.518 e. The summed E-state index contributed by atoms with van der Waals surface area (Å²) in [6.07, 6.45) is -0.774. The predicted octanol–water partition coefficient (Wildman–Crippen LogP) is 6.27. The third kappa shape index (κ3) is 17.8. The highest BCUT2D eigenvalue weighted by molar-refractivity contribution is 6.72. The summed E-state index contributed by atoms with van der Waals surface area (Å²) in [5, 5.41) is 0. The predicted molar refractivity (Wildman–Crippen MR) is 148 cm³/mol. The lowest BCUT2D eigenvalue weighted by atomic mass is 10.1. The van der Waals surface area contributed by atoms with Crippen LogP contribution in [0.25, 0.3) is 0 Å². The van der Waals surface area contributed by atoms with E-state index in [1.54, 1.807) is 0 Å². The number of hydrogen-bond donors (Lipinski definition) is 0. The first-order valence-corrected chi connectivity index (χ1v) is 28.8. The lowest BCUT2D eigenvalue weighted by Crippen LogP contribution is -2.51. The fourth-order valence-corrected chi connectivity index (χ4v) is 7.66. The van der Waals surface area contributed by atoms with Gasteiger partial charge >= 0.3 is 5.97 Å². The SMILES string of the molecule is C[Si](C)(C)OCC(O[Si](C)(C)C)[C@H](C[C@H](O[Si](C)(C)C)C(=O)O[Si](C)(C)C)O[Si](C)(C)C. The maximum atomic E-state index is 13.2. The second kappa shape index (κ2) is 11.9. The molecule has 0 N–H and O–H groups in total. The molecule has 0 rings (SSSR count). The Morgan fingerprint density at radius 3 is 1.31 bits per heavy atom. The number of rotatable bonds is 14. The number of carbonyl (C=O) groups is 1. The van der Waals surface area contributed by atoms with Gasteiger partial charge in [0.25, 0.3) is 0 Å². The van der Waals surface area contributed by atoms with Gasteiger partial charge in [-0.3, -0.25) is 4.79 Å². The fraction of sp³-hybridized carbons (Fsp3) is 0.952. The second-order valence-corrected chi connectivity index (χ2v) is 35.8. The zero-order valence-electron chi connectivity index (χ0n) is 23.6. The minimum absolute atomic E-state index is 0.243. The van der Waals surface area contributed by atoms with Crippen LogP contribution >= 0.6 is 0 Å². The standard InChI is InChI=1S/C21H52O6Si5/c1-28(2,3)23-17-20(26-31(10,11)12)18(24-29(4,5)6)16-19(25-30(7,8)9)21(22)27-32(13,14)15/h18-20H,16-17H2,1-15H3/t18-,19-,20?/m0/s1.